The van der Waals surface area contributed by atoms with Crippen molar-refractivity contribution in [2.24, 2.45) is 0 Å². The Morgan fingerprint density at radius 2 is 2.29 bits per heavy atom. The molecule has 2 N–H and O–H groups in total. The van der Waals surface area contributed by atoms with E-state index in [9.17, 15) is 0 Å². The molecule has 1 fully saturated rings. The van der Waals surface area contributed by atoms with Crippen LogP contribution in [0.2, 0.25) is 0 Å². The highest BCUT2D eigenvalue weighted by Crippen LogP contribution is 2.28. The molecule has 0 amide bonds. The minimum absolute atomic E-state index is 0.311. The van der Waals surface area contributed by atoms with Crippen molar-refractivity contribution in [2.75, 3.05) is 19.7 Å². The zero-order valence-corrected chi connectivity index (χ0v) is 10.3. The molecule has 1 aliphatic rings. The number of rotatable bonds is 6. The molecule has 1 aliphatic heterocycles. The molecule has 2 rings (SSSR count). The van der Waals surface area contributed by atoms with E-state index in [2.05, 4.69) is 20.1 Å². The van der Waals surface area contributed by atoms with E-state index in [1.54, 1.807) is 6.33 Å². The number of nitrogens with zero attached hydrogens (tertiary/aromatic N) is 3. The first-order chi connectivity index (χ1) is 8.42. The van der Waals surface area contributed by atoms with Gasteiger partial charge in [0.2, 0.25) is 0 Å². The maximum Gasteiger partial charge on any atom is 0.141 e. The third-order valence-corrected chi connectivity index (χ3v) is 3.47. The van der Waals surface area contributed by atoms with Crippen LogP contribution in [-0.2, 0) is 0 Å². The van der Waals surface area contributed by atoms with E-state index in [1.807, 2.05) is 0 Å². The van der Waals surface area contributed by atoms with E-state index in [4.69, 9.17) is 5.11 Å². The third kappa shape index (κ3) is 3.51. The second-order valence-corrected chi connectivity index (χ2v) is 4.70. The Hall–Kier alpha value is -0.940. The smallest absolute Gasteiger partial charge is 0.141 e. The molecule has 1 saturated heterocycles. The van der Waals surface area contributed by atoms with Gasteiger partial charge in [0, 0.05) is 6.61 Å². The molecule has 5 nitrogen and oxygen atoms in total. The highest BCUT2D eigenvalue weighted by atomic mass is 16.2. The molecule has 0 aromatic carbocycles. The summed E-state index contributed by atoms with van der Waals surface area (Å²) >= 11 is 0. The fourth-order valence-electron chi connectivity index (χ4n) is 2.55. The van der Waals surface area contributed by atoms with Crippen LogP contribution in [0.5, 0.6) is 0 Å². The second kappa shape index (κ2) is 6.71. The molecule has 5 heteroatoms. The number of nitrogens with one attached hydrogen (secondary N) is 1. The maximum absolute atomic E-state index is 8.77. The molecule has 1 aromatic heterocycles. The standard InChI is InChI=1S/C12H22N4O/c17-9-5-1-3-7-16-8-4-2-6-11(16)12-13-10-14-15-12/h10-11,17H,1-9H2,(H,13,14,15). The van der Waals surface area contributed by atoms with Gasteiger partial charge in [-0.3, -0.25) is 10.00 Å². The van der Waals surface area contributed by atoms with E-state index >= 15 is 0 Å². The predicted molar refractivity (Wildman–Crippen MR) is 65.5 cm³/mol. The fraction of sp³-hybridized carbons (Fsp3) is 0.833. The molecule has 0 radical (unpaired) electrons. The Balaban J connectivity index is 1.84. The number of aliphatic hydroxyl groups excluding tert-OH is 1. The number of hydrogen-bond donors (Lipinski definition) is 2. The Morgan fingerprint density at radius 3 is 3.06 bits per heavy atom. The summed E-state index contributed by atoms with van der Waals surface area (Å²) in [7, 11) is 0. The van der Waals surface area contributed by atoms with Crippen LogP contribution in [-0.4, -0.2) is 44.9 Å². The number of aromatic amines is 1. The Kier molecular flexibility index (Phi) is 4.94. The number of piperidine rings is 1. The second-order valence-electron chi connectivity index (χ2n) is 4.70. The van der Waals surface area contributed by atoms with Crippen LogP contribution in [0.4, 0.5) is 0 Å². The quantitative estimate of drug-likeness (QED) is 0.737. The van der Waals surface area contributed by atoms with E-state index in [1.165, 1.54) is 19.3 Å². The predicted octanol–water partition coefficient (Wildman–Crippen LogP) is 1.49. The van der Waals surface area contributed by atoms with Gasteiger partial charge in [-0.2, -0.15) is 5.10 Å². The van der Waals surface area contributed by atoms with E-state index < -0.39 is 0 Å². The molecule has 0 bridgehead atoms. The molecular weight excluding hydrogens is 216 g/mol. The van der Waals surface area contributed by atoms with Crippen molar-refractivity contribution in [3.05, 3.63) is 12.2 Å². The van der Waals surface area contributed by atoms with Crippen LogP contribution < -0.4 is 0 Å². The molecule has 1 atom stereocenters. The monoisotopic (exact) mass is 238 g/mol. The third-order valence-electron chi connectivity index (χ3n) is 3.47. The molecule has 2 heterocycles. The normalized spacial score (nSPS) is 21.8. The van der Waals surface area contributed by atoms with Gasteiger partial charge in [0.05, 0.1) is 6.04 Å². The van der Waals surface area contributed by atoms with Gasteiger partial charge in [-0.25, -0.2) is 4.98 Å². The van der Waals surface area contributed by atoms with Gasteiger partial charge in [0.15, 0.2) is 0 Å². The number of H-pyrrole nitrogens is 1. The van der Waals surface area contributed by atoms with Crippen molar-refractivity contribution in [1.82, 2.24) is 20.1 Å². The summed E-state index contributed by atoms with van der Waals surface area (Å²) < 4.78 is 0. The van der Waals surface area contributed by atoms with Crippen molar-refractivity contribution in [2.45, 2.75) is 44.6 Å². The first kappa shape index (κ1) is 12.5. The molecule has 1 aromatic rings. The molecule has 96 valence electrons. The minimum atomic E-state index is 0.311. The fourth-order valence-corrected chi connectivity index (χ4v) is 2.55. The topological polar surface area (TPSA) is 65.0 Å². The van der Waals surface area contributed by atoms with Crippen molar-refractivity contribution >= 4 is 0 Å². The van der Waals surface area contributed by atoms with Crippen molar-refractivity contribution in [3.8, 4) is 0 Å². The largest absolute Gasteiger partial charge is 0.396 e. The van der Waals surface area contributed by atoms with Crippen LogP contribution in [0.25, 0.3) is 0 Å². The first-order valence-electron chi connectivity index (χ1n) is 6.62. The summed E-state index contributed by atoms with van der Waals surface area (Å²) in [6.45, 7) is 2.57. The van der Waals surface area contributed by atoms with Crippen LogP contribution in [0, 0.1) is 0 Å². The average Bonchev–Trinajstić information content (AvgIpc) is 2.89. The molecule has 17 heavy (non-hydrogen) atoms. The van der Waals surface area contributed by atoms with Crippen molar-refractivity contribution < 1.29 is 5.11 Å². The van der Waals surface area contributed by atoms with Crippen LogP contribution in [0.3, 0.4) is 0 Å². The van der Waals surface area contributed by atoms with Gasteiger partial charge < -0.3 is 5.11 Å². The van der Waals surface area contributed by atoms with Gasteiger partial charge in [-0.15, -0.1) is 0 Å². The molecule has 0 saturated carbocycles. The number of unbranched alkanes of at least 4 members (excludes halogenated alkanes) is 2. The summed E-state index contributed by atoms with van der Waals surface area (Å²) in [5.74, 6) is 1.01. The van der Waals surface area contributed by atoms with E-state index in [0.29, 0.717) is 12.6 Å². The minimum Gasteiger partial charge on any atom is -0.396 e. The van der Waals surface area contributed by atoms with Crippen LogP contribution >= 0.6 is 0 Å². The van der Waals surface area contributed by atoms with E-state index in [0.717, 1.165) is 38.2 Å². The molecule has 1 unspecified atom stereocenters. The summed E-state index contributed by atoms with van der Waals surface area (Å²) in [6.07, 6.45) is 8.51. The van der Waals surface area contributed by atoms with Crippen LogP contribution in [0.1, 0.15) is 50.4 Å². The number of aromatic nitrogens is 3. The lowest BCUT2D eigenvalue weighted by Gasteiger charge is -2.34. The SMILES string of the molecule is OCCCCCN1CCCCC1c1ncn[nH]1. The van der Waals surface area contributed by atoms with Crippen molar-refractivity contribution in [1.29, 1.82) is 0 Å². The molecular formula is C12H22N4O. The summed E-state index contributed by atoms with van der Waals surface area (Å²) in [6, 6.07) is 0.417. The number of hydrogen-bond acceptors (Lipinski definition) is 4. The van der Waals surface area contributed by atoms with Gasteiger partial charge in [-0.05, 0) is 45.2 Å². The van der Waals surface area contributed by atoms with Crippen LogP contribution in [0.15, 0.2) is 6.33 Å². The van der Waals surface area contributed by atoms with Gasteiger partial charge in [0.25, 0.3) is 0 Å². The number of aliphatic hydroxyl groups is 1. The zero-order chi connectivity index (χ0) is 11.9. The van der Waals surface area contributed by atoms with E-state index in [-0.39, 0.29) is 0 Å². The summed E-state index contributed by atoms with van der Waals surface area (Å²) in [4.78, 5) is 6.79. The lowest BCUT2D eigenvalue weighted by atomic mass is 10.0. The van der Waals surface area contributed by atoms with Gasteiger partial charge in [0.1, 0.15) is 12.2 Å². The average molecular weight is 238 g/mol. The lowest BCUT2D eigenvalue weighted by Crippen LogP contribution is -2.34. The maximum atomic E-state index is 8.77. The van der Waals surface area contributed by atoms with Gasteiger partial charge in [-0.1, -0.05) is 6.42 Å². The van der Waals surface area contributed by atoms with Gasteiger partial charge >= 0.3 is 0 Å². The Labute approximate surface area is 102 Å². The first-order valence-corrected chi connectivity index (χ1v) is 6.62. The van der Waals surface area contributed by atoms with Crippen molar-refractivity contribution in [3.63, 3.8) is 0 Å². The highest BCUT2D eigenvalue weighted by Gasteiger charge is 2.25. The Morgan fingerprint density at radius 1 is 1.35 bits per heavy atom. The molecule has 0 aliphatic carbocycles. The summed E-state index contributed by atoms with van der Waals surface area (Å²) in [5.41, 5.74) is 0. The molecule has 0 spiro atoms. The highest BCUT2D eigenvalue weighted by molar-refractivity contribution is 4.94. The Bertz CT molecular complexity index is 301. The lowest BCUT2D eigenvalue weighted by molar-refractivity contribution is 0.138. The number of likely N-dealkylation sites (tertiary alicyclic amines) is 1. The zero-order valence-electron chi connectivity index (χ0n) is 10.3. The summed E-state index contributed by atoms with van der Waals surface area (Å²) in [5, 5.41) is 15.7.